The Balaban J connectivity index is 0.00000224. The molecule has 0 amide bonds. The summed E-state index contributed by atoms with van der Waals surface area (Å²) < 4.78 is 4.19. The maximum Gasteiger partial charge on any atom is -1.00 e. The van der Waals surface area contributed by atoms with Crippen molar-refractivity contribution in [2.24, 2.45) is 11.8 Å². The van der Waals surface area contributed by atoms with Crippen molar-refractivity contribution in [1.29, 1.82) is 0 Å². The Bertz CT molecular complexity index is 2690. The number of benzene rings is 8. The van der Waals surface area contributed by atoms with Gasteiger partial charge in [-0.05, 0) is 0 Å². The molecule has 0 saturated carbocycles. The number of halogens is 2. The van der Waals surface area contributed by atoms with E-state index >= 15 is 0 Å². The minimum Gasteiger partial charge on any atom is -1.00 e. The van der Waals surface area contributed by atoms with Gasteiger partial charge in [-0.2, -0.15) is 0 Å². The minimum atomic E-state index is -3.21. The van der Waals surface area contributed by atoms with Crippen LogP contribution in [0.1, 0.15) is 70.1 Å². The number of fused-ring (bicyclic) bond motifs is 6. The van der Waals surface area contributed by atoms with Crippen molar-refractivity contribution < 1.29 is 44.8 Å². The fourth-order valence-corrected chi connectivity index (χ4v) is 39.4. The Morgan fingerprint density at radius 1 is 0.441 bits per heavy atom. The Morgan fingerprint density at radius 3 is 1.10 bits per heavy atom. The molecule has 0 spiro atoms. The summed E-state index contributed by atoms with van der Waals surface area (Å²) in [6.07, 6.45) is 7.79. The van der Waals surface area contributed by atoms with Crippen LogP contribution in [0.5, 0.6) is 0 Å². The molecule has 11 rings (SSSR count). The Morgan fingerprint density at radius 2 is 0.780 bits per heavy atom. The molecule has 8 aromatic carbocycles. The largest absolute Gasteiger partial charge is 1.00 e. The predicted octanol–water partition coefficient (Wildman–Crippen LogP) is 10.3. The fraction of sp³-hybridized carbons (Fsp3) is 0.214. The second-order valence-corrected chi connectivity index (χ2v) is 34.8. The van der Waals surface area contributed by atoms with Gasteiger partial charge in [-0.15, -0.1) is 0 Å². The molecule has 1 aliphatic heterocycles. The van der Waals surface area contributed by atoms with E-state index in [9.17, 15) is 0 Å². The second-order valence-electron chi connectivity index (χ2n) is 18.2. The smallest absolute Gasteiger partial charge is 1.00 e. The average Bonchev–Trinajstić information content (AvgIpc) is 3.77. The molecule has 1 fully saturated rings. The van der Waals surface area contributed by atoms with Gasteiger partial charge in [-0.25, -0.2) is 0 Å². The molecular weight excluding hydrogens is 922 g/mol. The van der Waals surface area contributed by atoms with Gasteiger partial charge in [0, 0.05) is 0 Å². The van der Waals surface area contributed by atoms with Crippen molar-refractivity contribution in [3.05, 3.63) is 179 Å². The molecular formula is C56H50Cl2Hf. The van der Waals surface area contributed by atoms with E-state index in [1.807, 2.05) is 0 Å². The average molecular weight is 972 g/mol. The quantitative estimate of drug-likeness (QED) is 0.105. The first-order chi connectivity index (χ1) is 27.9. The van der Waals surface area contributed by atoms with Crippen molar-refractivity contribution >= 4 is 55.2 Å². The van der Waals surface area contributed by atoms with Gasteiger partial charge in [0.25, 0.3) is 0 Å². The van der Waals surface area contributed by atoms with Crippen LogP contribution in [-0.2, 0) is 20.0 Å². The summed E-state index contributed by atoms with van der Waals surface area (Å²) >= 11 is -3.21. The Kier molecular flexibility index (Phi) is 10.6. The van der Waals surface area contributed by atoms with Gasteiger partial charge in [0.05, 0.1) is 0 Å². The van der Waals surface area contributed by atoms with Crippen LogP contribution in [0.4, 0.5) is 0 Å². The normalized spacial score (nSPS) is 17.0. The van der Waals surface area contributed by atoms with Crippen molar-refractivity contribution in [2.45, 2.75) is 56.2 Å². The van der Waals surface area contributed by atoms with E-state index < -0.39 is 20.0 Å². The SMILES string of the molecule is CC(C)CC1=Cc2c(-c3c4ccccc4cc4ccccc34)cccc2[CH]1[Hf+2]1([CH]2C(CC(C)C)=Cc3c(-c4c5ccccc5cc5ccccc45)cccc32)[CH2][CH2]1.[Cl-].[Cl-]. The topological polar surface area (TPSA) is 0 Å². The molecule has 3 aliphatic rings. The molecule has 2 unspecified atom stereocenters. The first-order valence-electron chi connectivity index (χ1n) is 21.4. The van der Waals surface area contributed by atoms with Gasteiger partial charge in [0.15, 0.2) is 0 Å². The molecule has 292 valence electrons. The number of hydrogen-bond donors (Lipinski definition) is 0. The summed E-state index contributed by atoms with van der Waals surface area (Å²) in [6.45, 7) is 9.75. The minimum absolute atomic E-state index is 0. The van der Waals surface area contributed by atoms with E-state index in [-0.39, 0.29) is 24.8 Å². The molecule has 2 aliphatic carbocycles. The van der Waals surface area contributed by atoms with Crippen LogP contribution < -0.4 is 24.8 Å². The summed E-state index contributed by atoms with van der Waals surface area (Å²) in [5, 5.41) is 10.7. The zero-order chi connectivity index (χ0) is 38.4. The van der Waals surface area contributed by atoms with Crippen LogP contribution in [0.2, 0.25) is 8.35 Å². The summed E-state index contributed by atoms with van der Waals surface area (Å²) in [4.78, 5) is 0. The van der Waals surface area contributed by atoms with Gasteiger partial charge < -0.3 is 24.8 Å². The van der Waals surface area contributed by atoms with Crippen LogP contribution in [0.25, 0.3) is 77.5 Å². The third-order valence-corrected chi connectivity index (χ3v) is 32.8. The number of hydrogen-bond acceptors (Lipinski definition) is 0. The molecule has 1 heterocycles. The van der Waals surface area contributed by atoms with Crippen LogP contribution in [0.3, 0.4) is 0 Å². The first-order valence-corrected chi connectivity index (χ1v) is 30.6. The van der Waals surface area contributed by atoms with E-state index in [0.29, 0.717) is 19.2 Å². The van der Waals surface area contributed by atoms with Crippen LogP contribution in [0, 0.1) is 11.8 Å². The molecule has 3 heteroatoms. The zero-order valence-electron chi connectivity index (χ0n) is 34.4. The van der Waals surface area contributed by atoms with Crippen LogP contribution in [0.15, 0.2) is 157 Å². The number of allylic oxidation sites excluding steroid dienone is 2. The van der Waals surface area contributed by atoms with E-state index in [1.165, 1.54) is 97.7 Å². The summed E-state index contributed by atoms with van der Waals surface area (Å²) in [5.41, 5.74) is 15.4. The molecule has 59 heavy (non-hydrogen) atoms. The molecule has 1 saturated heterocycles. The maximum atomic E-state index is 2.71. The maximum absolute atomic E-state index is 3.21. The second kappa shape index (κ2) is 15.6. The molecule has 0 radical (unpaired) electrons. The third-order valence-electron chi connectivity index (χ3n) is 13.6. The van der Waals surface area contributed by atoms with Gasteiger partial charge in [-0.1, -0.05) is 0 Å². The molecule has 0 bridgehead atoms. The van der Waals surface area contributed by atoms with E-state index in [1.54, 1.807) is 22.3 Å². The van der Waals surface area contributed by atoms with Gasteiger partial charge in [0.1, 0.15) is 0 Å². The predicted molar refractivity (Wildman–Crippen MR) is 244 cm³/mol. The van der Waals surface area contributed by atoms with Crippen LogP contribution >= 0.6 is 0 Å². The third kappa shape index (κ3) is 6.50. The van der Waals surface area contributed by atoms with Gasteiger partial charge >= 0.3 is 345 Å². The van der Waals surface area contributed by atoms with Crippen molar-refractivity contribution in [1.82, 2.24) is 0 Å². The van der Waals surface area contributed by atoms with Crippen LogP contribution in [-0.4, -0.2) is 0 Å². The zero-order valence-corrected chi connectivity index (χ0v) is 39.5. The van der Waals surface area contributed by atoms with Crippen molar-refractivity contribution in [3.8, 4) is 22.3 Å². The monoisotopic (exact) mass is 972 g/mol. The molecule has 0 N–H and O–H groups in total. The van der Waals surface area contributed by atoms with Crippen molar-refractivity contribution in [3.63, 3.8) is 0 Å². The van der Waals surface area contributed by atoms with E-state index in [4.69, 9.17) is 0 Å². The molecule has 0 nitrogen and oxygen atoms in total. The van der Waals surface area contributed by atoms with E-state index in [2.05, 4.69) is 185 Å². The van der Waals surface area contributed by atoms with Crippen molar-refractivity contribution in [2.75, 3.05) is 0 Å². The summed E-state index contributed by atoms with van der Waals surface area (Å²) in [7, 11) is 0. The fourth-order valence-electron chi connectivity index (χ4n) is 11.5. The summed E-state index contributed by atoms with van der Waals surface area (Å²) in [6, 6.07) is 55.8. The molecule has 0 aromatic heterocycles. The Labute approximate surface area is 366 Å². The van der Waals surface area contributed by atoms with E-state index in [0.717, 1.165) is 0 Å². The number of rotatable bonds is 8. The van der Waals surface area contributed by atoms with Gasteiger partial charge in [-0.3, -0.25) is 0 Å². The first kappa shape index (κ1) is 40.2. The summed E-state index contributed by atoms with van der Waals surface area (Å²) in [5.74, 6) is 1.23. The standard InChI is InChI=1S/2C27H23.C2H4.2ClH.Hf/c2*1-18(2)14-19-15-20-10-7-13-25(26(20)16-19)27-23-11-5-3-8-21(23)17-22-9-4-6-12-24(22)27;1-2;;;/h2*3-13,15-18H,14H2,1-2H3;1-2H2;2*1H;/q;;;;;+2/p-2. The molecule has 2 atom stereocenters. The molecule has 8 aromatic rings. The van der Waals surface area contributed by atoms with Gasteiger partial charge in [0.2, 0.25) is 0 Å². The Hall–Kier alpha value is -4.27.